The van der Waals surface area contributed by atoms with Crippen LogP contribution >= 0.6 is 0 Å². The van der Waals surface area contributed by atoms with Crippen LogP contribution in [0.4, 0.5) is 0 Å². The Kier molecular flexibility index (Phi) is 1.79. The standard InChI is InChI=1S/C10H13N3/c1-7(2)9-8(3)12-10-11-5-4-6-13(9)10/h4-7H,1-3H3. The van der Waals surface area contributed by atoms with E-state index in [0.29, 0.717) is 5.92 Å². The molecule has 0 aliphatic rings. The molecule has 0 bridgehead atoms. The Labute approximate surface area is 77.4 Å². The van der Waals surface area contributed by atoms with Crippen molar-refractivity contribution in [3.05, 3.63) is 29.8 Å². The van der Waals surface area contributed by atoms with E-state index < -0.39 is 0 Å². The van der Waals surface area contributed by atoms with E-state index in [1.807, 2.05) is 19.2 Å². The van der Waals surface area contributed by atoms with Crippen molar-refractivity contribution in [3.63, 3.8) is 0 Å². The monoisotopic (exact) mass is 175 g/mol. The van der Waals surface area contributed by atoms with Gasteiger partial charge in [-0.1, -0.05) is 13.8 Å². The average molecular weight is 175 g/mol. The highest BCUT2D eigenvalue weighted by atomic mass is 15.1. The smallest absolute Gasteiger partial charge is 0.234 e. The van der Waals surface area contributed by atoms with Crippen LogP contribution in [0, 0.1) is 6.92 Å². The van der Waals surface area contributed by atoms with Crippen LogP contribution in [0.1, 0.15) is 31.2 Å². The summed E-state index contributed by atoms with van der Waals surface area (Å²) in [6, 6.07) is 1.93. The Balaban J connectivity index is 2.78. The molecule has 0 spiro atoms. The third-order valence-corrected chi connectivity index (χ3v) is 2.17. The minimum absolute atomic E-state index is 0.485. The number of nitrogens with zero attached hydrogens (tertiary/aromatic N) is 3. The van der Waals surface area contributed by atoms with E-state index in [4.69, 9.17) is 0 Å². The Bertz CT molecular complexity index is 429. The summed E-state index contributed by atoms with van der Waals surface area (Å²) in [4.78, 5) is 8.58. The molecule has 2 aromatic heterocycles. The summed E-state index contributed by atoms with van der Waals surface area (Å²) in [5.74, 6) is 1.28. The highest BCUT2D eigenvalue weighted by Crippen LogP contribution is 2.18. The zero-order chi connectivity index (χ0) is 9.42. The number of fused-ring (bicyclic) bond motifs is 1. The summed E-state index contributed by atoms with van der Waals surface area (Å²) < 4.78 is 2.06. The molecule has 2 aromatic rings. The minimum Gasteiger partial charge on any atom is -0.288 e. The van der Waals surface area contributed by atoms with Gasteiger partial charge in [-0.25, -0.2) is 9.97 Å². The molecule has 0 unspecified atom stereocenters. The molecule has 13 heavy (non-hydrogen) atoms. The van der Waals surface area contributed by atoms with Crippen LogP contribution in [0.2, 0.25) is 0 Å². The maximum absolute atomic E-state index is 4.39. The van der Waals surface area contributed by atoms with Gasteiger partial charge in [-0.15, -0.1) is 0 Å². The Morgan fingerprint density at radius 3 is 2.85 bits per heavy atom. The fourth-order valence-electron chi connectivity index (χ4n) is 1.71. The van der Waals surface area contributed by atoms with Gasteiger partial charge in [0.2, 0.25) is 5.78 Å². The van der Waals surface area contributed by atoms with Gasteiger partial charge in [-0.3, -0.25) is 4.40 Å². The lowest BCUT2D eigenvalue weighted by molar-refractivity contribution is 0.796. The molecule has 0 atom stereocenters. The Hall–Kier alpha value is -1.38. The van der Waals surface area contributed by atoms with Crippen LogP contribution in [0.5, 0.6) is 0 Å². The van der Waals surface area contributed by atoms with E-state index in [-0.39, 0.29) is 0 Å². The van der Waals surface area contributed by atoms with Crippen LogP contribution in [0.3, 0.4) is 0 Å². The molecular weight excluding hydrogens is 162 g/mol. The van der Waals surface area contributed by atoms with E-state index in [1.54, 1.807) is 6.20 Å². The molecule has 0 aliphatic carbocycles. The van der Waals surface area contributed by atoms with Gasteiger partial charge in [0.15, 0.2) is 0 Å². The molecule has 0 saturated heterocycles. The highest BCUT2D eigenvalue weighted by Gasteiger charge is 2.11. The number of hydrogen-bond donors (Lipinski definition) is 0. The average Bonchev–Trinajstić information content (AvgIpc) is 2.39. The van der Waals surface area contributed by atoms with Gasteiger partial charge in [0, 0.05) is 18.1 Å². The highest BCUT2D eigenvalue weighted by molar-refractivity contribution is 5.36. The maximum Gasteiger partial charge on any atom is 0.234 e. The number of hydrogen-bond acceptors (Lipinski definition) is 2. The maximum atomic E-state index is 4.39. The van der Waals surface area contributed by atoms with E-state index in [0.717, 1.165) is 11.5 Å². The van der Waals surface area contributed by atoms with Crippen molar-refractivity contribution in [2.75, 3.05) is 0 Å². The number of aryl methyl sites for hydroxylation is 1. The van der Waals surface area contributed by atoms with Gasteiger partial charge < -0.3 is 0 Å². The predicted octanol–water partition coefficient (Wildman–Crippen LogP) is 2.16. The van der Waals surface area contributed by atoms with E-state index >= 15 is 0 Å². The van der Waals surface area contributed by atoms with Crippen molar-refractivity contribution >= 4 is 5.78 Å². The van der Waals surface area contributed by atoms with Crippen LogP contribution in [-0.2, 0) is 0 Å². The summed E-state index contributed by atoms with van der Waals surface area (Å²) in [5.41, 5.74) is 2.33. The van der Waals surface area contributed by atoms with Crippen LogP contribution in [-0.4, -0.2) is 14.4 Å². The first-order valence-electron chi connectivity index (χ1n) is 4.49. The summed E-state index contributed by atoms with van der Waals surface area (Å²) in [6.45, 7) is 6.37. The molecule has 0 saturated carbocycles. The van der Waals surface area contributed by atoms with Gasteiger partial charge in [0.25, 0.3) is 0 Å². The van der Waals surface area contributed by atoms with Gasteiger partial charge >= 0.3 is 0 Å². The fourth-order valence-corrected chi connectivity index (χ4v) is 1.71. The molecule has 0 fully saturated rings. The van der Waals surface area contributed by atoms with Crippen molar-refractivity contribution < 1.29 is 0 Å². The molecule has 0 N–H and O–H groups in total. The zero-order valence-corrected chi connectivity index (χ0v) is 8.15. The molecular formula is C10H13N3. The van der Waals surface area contributed by atoms with Gasteiger partial charge in [0.05, 0.1) is 5.69 Å². The molecule has 2 rings (SSSR count). The number of imidazole rings is 1. The molecule has 3 heteroatoms. The third-order valence-electron chi connectivity index (χ3n) is 2.17. The number of aromatic nitrogens is 3. The van der Waals surface area contributed by atoms with E-state index in [2.05, 4.69) is 28.2 Å². The Morgan fingerprint density at radius 1 is 1.38 bits per heavy atom. The van der Waals surface area contributed by atoms with Crippen LogP contribution in [0.25, 0.3) is 5.78 Å². The van der Waals surface area contributed by atoms with Crippen molar-refractivity contribution in [2.45, 2.75) is 26.7 Å². The molecule has 0 radical (unpaired) electrons. The van der Waals surface area contributed by atoms with Gasteiger partial charge in [-0.05, 0) is 18.9 Å². The molecule has 2 heterocycles. The second-order valence-corrected chi connectivity index (χ2v) is 3.53. The van der Waals surface area contributed by atoms with Crippen LogP contribution < -0.4 is 0 Å². The lowest BCUT2D eigenvalue weighted by Gasteiger charge is -2.04. The summed E-state index contributed by atoms with van der Waals surface area (Å²) in [6.07, 6.45) is 3.78. The first-order valence-corrected chi connectivity index (χ1v) is 4.49. The summed E-state index contributed by atoms with van der Waals surface area (Å²) in [7, 11) is 0. The second-order valence-electron chi connectivity index (χ2n) is 3.53. The van der Waals surface area contributed by atoms with Crippen LogP contribution in [0.15, 0.2) is 18.5 Å². The lowest BCUT2D eigenvalue weighted by Crippen LogP contribution is -1.96. The fraction of sp³-hybridized carbons (Fsp3) is 0.400. The molecule has 3 nitrogen and oxygen atoms in total. The molecule has 68 valence electrons. The van der Waals surface area contributed by atoms with E-state index in [9.17, 15) is 0 Å². The van der Waals surface area contributed by atoms with Gasteiger partial charge in [0.1, 0.15) is 0 Å². The predicted molar refractivity (Wildman–Crippen MR) is 51.8 cm³/mol. The molecule has 0 aliphatic heterocycles. The number of rotatable bonds is 1. The summed E-state index contributed by atoms with van der Waals surface area (Å²) in [5, 5.41) is 0. The van der Waals surface area contributed by atoms with Gasteiger partial charge in [-0.2, -0.15) is 0 Å². The Morgan fingerprint density at radius 2 is 2.15 bits per heavy atom. The largest absolute Gasteiger partial charge is 0.288 e. The lowest BCUT2D eigenvalue weighted by atomic mass is 10.1. The quantitative estimate of drug-likeness (QED) is 0.664. The van der Waals surface area contributed by atoms with Crippen molar-refractivity contribution in [3.8, 4) is 0 Å². The summed E-state index contributed by atoms with van der Waals surface area (Å²) >= 11 is 0. The normalized spacial score (nSPS) is 11.4. The third kappa shape index (κ3) is 1.20. The SMILES string of the molecule is Cc1nc2ncccn2c1C(C)C. The topological polar surface area (TPSA) is 30.2 Å². The first-order chi connectivity index (χ1) is 6.20. The zero-order valence-electron chi connectivity index (χ0n) is 8.15. The molecule has 0 amide bonds. The van der Waals surface area contributed by atoms with E-state index in [1.165, 1.54) is 5.69 Å². The van der Waals surface area contributed by atoms with Crippen molar-refractivity contribution in [2.24, 2.45) is 0 Å². The van der Waals surface area contributed by atoms with Crippen molar-refractivity contribution in [1.29, 1.82) is 0 Å². The molecule has 0 aromatic carbocycles. The van der Waals surface area contributed by atoms with Crippen molar-refractivity contribution in [1.82, 2.24) is 14.4 Å². The second kappa shape index (κ2) is 2.83. The first kappa shape index (κ1) is 8.23. The minimum atomic E-state index is 0.485.